The van der Waals surface area contributed by atoms with Crippen molar-refractivity contribution in [3.63, 3.8) is 0 Å². The molecule has 4 heterocycles. The Kier molecular flexibility index (Phi) is 7.46. The van der Waals surface area contributed by atoms with Gasteiger partial charge in [0, 0.05) is 42.1 Å². The van der Waals surface area contributed by atoms with Crippen LogP contribution in [-0.2, 0) is 0 Å². The van der Waals surface area contributed by atoms with Crippen LogP contribution < -0.4 is 20.7 Å². The van der Waals surface area contributed by atoms with Crippen LogP contribution in [0.4, 0.5) is 0 Å². The van der Waals surface area contributed by atoms with Gasteiger partial charge in [-0.05, 0) is 73.3 Å². The summed E-state index contributed by atoms with van der Waals surface area (Å²) in [6, 6.07) is 75.8. The molecule has 0 spiro atoms. The average Bonchev–Trinajstić information content (AvgIpc) is 3.82. The third-order valence-electron chi connectivity index (χ3n) is 12.2. The van der Waals surface area contributed by atoms with Crippen molar-refractivity contribution < 1.29 is 0 Å². The Balaban J connectivity index is 0.960. The molecule has 4 heteroatoms. The number of hydrogen-bond acceptors (Lipinski definition) is 3. The highest BCUT2D eigenvalue weighted by Crippen LogP contribution is 2.37. The first-order chi connectivity index (χ1) is 28.7. The Morgan fingerprint density at radius 2 is 0.879 bits per heavy atom. The van der Waals surface area contributed by atoms with Crippen molar-refractivity contribution in [2.75, 3.05) is 0 Å². The molecular formula is C54H34N2SSi. The zero-order valence-corrected chi connectivity index (χ0v) is 33.2. The van der Waals surface area contributed by atoms with Gasteiger partial charge in [0.25, 0.3) is 0 Å². The first kappa shape index (κ1) is 33.2. The summed E-state index contributed by atoms with van der Waals surface area (Å²) in [4.78, 5) is 10.7. The van der Waals surface area contributed by atoms with Gasteiger partial charge in [-0.15, -0.1) is 11.3 Å². The lowest BCUT2D eigenvalue weighted by Crippen LogP contribution is -2.72. The summed E-state index contributed by atoms with van der Waals surface area (Å²) in [6.07, 6.45) is 0. The molecule has 3 aromatic heterocycles. The number of nitrogens with zero attached hydrogens (tertiary/aromatic N) is 2. The molecule has 0 aliphatic carbocycles. The Morgan fingerprint density at radius 3 is 1.60 bits per heavy atom. The predicted octanol–water partition coefficient (Wildman–Crippen LogP) is 11.5. The molecule has 0 N–H and O–H groups in total. The summed E-state index contributed by atoms with van der Waals surface area (Å²) in [5.74, 6) is 0. The van der Waals surface area contributed by atoms with E-state index < -0.39 is 8.07 Å². The first-order valence-corrected chi connectivity index (χ1v) is 22.6. The molecule has 1 aliphatic heterocycles. The van der Waals surface area contributed by atoms with Gasteiger partial charge in [0.05, 0.1) is 22.4 Å². The molecule has 2 nitrogen and oxygen atoms in total. The molecule has 0 unspecified atom stereocenters. The molecule has 0 bridgehead atoms. The van der Waals surface area contributed by atoms with Gasteiger partial charge in [-0.1, -0.05) is 176 Å². The van der Waals surface area contributed by atoms with Crippen molar-refractivity contribution in [1.29, 1.82) is 0 Å². The molecule has 0 atom stereocenters. The number of aromatic nitrogens is 2. The van der Waals surface area contributed by atoms with E-state index in [4.69, 9.17) is 9.97 Å². The van der Waals surface area contributed by atoms with E-state index in [0.29, 0.717) is 0 Å². The molecule has 8 aromatic carbocycles. The molecule has 0 saturated carbocycles. The number of rotatable bonds is 5. The lowest BCUT2D eigenvalue weighted by molar-refractivity contribution is 1.37. The maximum Gasteiger partial charge on any atom is 0.180 e. The highest BCUT2D eigenvalue weighted by molar-refractivity contribution is 7.25. The zero-order valence-electron chi connectivity index (χ0n) is 31.4. The second-order valence-electron chi connectivity index (χ2n) is 15.3. The summed E-state index contributed by atoms with van der Waals surface area (Å²) in [5, 5.41) is 10.4. The molecule has 58 heavy (non-hydrogen) atoms. The highest BCUT2D eigenvalue weighted by Gasteiger charge is 2.48. The minimum atomic E-state index is -2.62. The Hall–Kier alpha value is -6.98. The van der Waals surface area contributed by atoms with Gasteiger partial charge < -0.3 is 0 Å². The van der Waals surface area contributed by atoms with Gasteiger partial charge in [0.15, 0.2) is 8.07 Å². The Labute approximate surface area is 341 Å². The summed E-state index contributed by atoms with van der Waals surface area (Å²) < 4.78 is 2.65. The van der Waals surface area contributed by atoms with Crippen LogP contribution in [0, 0.1) is 0 Å². The van der Waals surface area contributed by atoms with Crippen LogP contribution in [0.2, 0.25) is 0 Å². The number of fused-ring (bicyclic) bond motifs is 9. The van der Waals surface area contributed by atoms with Gasteiger partial charge in [-0.2, -0.15) is 0 Å². The molecule has 270 valence electrons. The van der Waals surface area contributed by atoms with E-state index >= 15 is 0 Å². The zero-order chi connectivity index (χ0) is 38.2. The van der Waals surface area contributed by atoms with Crippen LogP contribution in [0.25, 0.3) is 86.7 Å². The number of hydrogen-bond donors (Lipinski definition) is 0. The maximum absolute atomic E-state index is 5.43. The topological polar surface area (TPSA) is 25.8 Å². The lowest BCUT2D eigenvalue weighted by atomic mass is 10.00. The van der Waals surface area contributed by atoms with Crippen molar-refractivity contribution in [3.8, 4) is 44.8 Å². The molecule has 0 fully saturated rings. The van der Waals surface area contributed by atoms with Gasteiger partial charge in [0.1, 0.15) is 0 Å². The van der Waals surface area contributed by atoms with Crippen molar-refractivity contribution in [1.82, 2.24) is 9.97 Å². The molecule has 11 aromatic rings. The average molecular weight is 771 g/mol. The molecular weight excluding hydrogens is 737 g/mol. The van der Waals surface area contributed by atoms with Crippen molar-refractivity contribution in [3.05, 3.63) is 206 Å². The van der Waals surface area contributed by atoms with Crippen molar-refractivity contribution in [2.24, 2.45) is 0 Å². The van der Waals surface area contributed by atoms with Gasteiger partial charge >= 0.3 is 0 Å². The van der Waals surface area contributed by atoms with Crippen LogP contribution in [-0.4, -0.2) is 18.0 Å². The smallest absolute Gasteiger partial charge is 0.180 e. The van der Waals surface area contributed by atoms with Crippen LogP contribution in [0.5, 0.6) is 0 Å². The van der Waals surface area contributed by atoms with E-state index in [1.807, 2.05) is 11.3 Å². The first-order valence-electron chi connectivity index (χ1n) is 19.8. The van der Waals surface area contributed by atoms with Crippen LogP contribution in [0.3, 0.4) is 0 Å². The summed E-state index contributed by atoms with van der Waals surface area (Å²) in [6.45, 7) is 0. The third kappa shape index (κ3) is 5.02. The van der Waals surface area contributed by atoms with Crippen LogP contribution in [0.15, 0.2) is 206 Å². The molecule has 0 amide bonds. The van der Waals surface area contributed by atoms with E-state index in [-0.39, 0.29) is 0 Å². The van der Waals surface area contributed by atoms with E-state index in [2.05, 4.69) is 206 Å². The van der Waals surface area contributed by atoms with Gasteiger partial charge in [-0.25, -0.2) is 9.97 Å². The molecule has 0 radical (unpaired) electrons. The maximum atomic E-state index is 5.43. The fraction of sp³-hybridized carbons (Fsp3) is 0. The van der Waals surface area contributed by atoms with Gasteiger partial charge in [0.2, 0.25) is 0 Å². The summed E-state index contributed by atoms with van der Waals surface area (Å²) in [5.41, 5.74) is 11.0. The number of benzene rings is 8. The number of pyridine rings is 2. The minimum absolute atomic E-state index is 0.918. The highest BCUT2D eigenvalue weighted by atomic mass is 32.1. The predicted molar refractivity (Wildman–Crippen MR) is 249 cm³/mol. The van der Waals surface area contributed by atoms with Crippen LogP contribution >= 0.6 is 11.3 Å². The molecule has 1 aliphatic rings. The van der Waals surface area contributed by atoms with E-state index in [1.165, 1.54) is 63.2 Å². The normalized spacial score (nSPS) is 13.0. The van der Waals surface area contributed by atoms with Crippen molar-refractivity contribution >= 4 is 82.1 Å². The number of thiophene rings is 1. The lowest BCUT2D eigenvalue weighted by Gasteiger charge is -2.31. The van der Waals surface area contributed by atoms with Crippen molar-refractivity contribution in [2.45, 2.75) is 0 Å². The Bertz CT molecular complexity index is 3350. The quantitative estimate of drug-likeness (QED) is 0.129. The van der Waals surface area contributed by atoms with Gasteiger partial charge in [-0.3, -0.25) is 0 Å². The third-order valence-corrected chi connectivity index (χ3v) is 18.2. The SMILES string of the molecule is c1ccc([Si]2(c3ccccc3)c3ccccc3-c3ccc(-c4ccc5ccc6ccc(-c7ccc(-c8ccc9sc%10ccccc%10c9c8)cc7)nc6c5n4)cc32)cc1. The standard InChI is InChI=1S/C54H34N2SSi/c1-3-11-41(12-4-1)58(42-13-5-2-6-14-42)51-18-10-8-16-44(51)45-29-25-40(34-52(45)58)48-31-27-38-24-23-37-26-30-47(55-53(37)54(38)56-48)36-21-19-35(20-22-36)39-28-32-50-46(33-39)43-15-7-9-17-49(43)57-50/h1-34H. The largest absolute Gasteiger partial charge is 0.245 e. The van der Waals surface area contributed by atoms with Crippen LogP contribution in [0.1, 0.15) is 0 Å². The fourth-order valence-corrected chi connectivity index (χ4v) is 15.7. The molecule has 0 saturated heterocycles. The second kappa shape index (κ2) is 13.0. The minimum Gasteiger partial charge on any atom is -0.245 e. The fourth-order valence-electron chi connectivity index (χ4n) is 9.43. The second-order valence-corrected chi connectivity index (χ2v) is 20.1. The molecule has 12 rings (SSSR count). The summed E-state index contributed by atoms with van der Waals surface area (Å²) >= 11 is 1.85. The Morgan fingerprint density at radius 1 is 0.345 bits per heavy atom. The summed E-state index contributed by atoms with van der Waals surface area (Å²) in [7, 11) is -2.62. The van der Waals surface area contributed by atoms with E-state index in [9.17, 15) is 0 Å². The monoisotopic (exact) mass is 770 g/mol. The van der Waals surface area contributed by atoms with E-state index in [1.54, 1.807) is 0 Å². The van der Waals surface area contributed by atoms with E-state index in [0.717, 1.165) is 44.3 Å².